The zero-order chi connectivity index (χ0) is 24.0. The number of hydrogen-bond acceptors (Lipinski definition) is 3. The summed E-state index contributed by atoms with van der Waals surface area (Å²) in [6.07, 6.45) is 10.7. The van der Waals surface area contributed by atoms with Crippen molar-refractivity contribution in [2.45, 2.75) is 129 Å². The van der Waals surface area contributed by atoms with Gasteiger partial charge in [0.2, 0.25) is 0 Å². The fourth-order valence-corrected chi connectivity index (χ4v) is 21.4. The predicted octanol–water partition coefficient (Wildman–Crippen LogP) is 8.79. The van der Waals surface area contributed by atoms with Crippen LogP contribution < -0.4 is 0 Å². The summed E-state index contributed by atoms with van der Waals surface area (Å²) in [6, 6.07) is 0. The Kier molecular flexibility index (Phi) is 16.6. The molecule has 0 rings (SSSR count). The summed E-state index contributed by atoms with van der Waals surface area (Å²) >= 11 is -2.29. The van der Waals surface area contributed by atoms with Gasteiger partial charge >= 0.3 is 202 Å². The third kappa shape index (κ3) is 13.2. The average molecular weight is 564 g/mol. The van der Waals surface area contributed by atoms with Crippen LogP contribution in [0.25, 0.3) is 0 Å². The van der Waals surface area contributed by atoms with Crippen molar-refractivity contribution in [3.8, 4) is 0 Å². The van der Waals surface area contributed by atoms with E-state index in [0.717, 1.165) is 6.61 Å². The minimum atomic E-state index is -2.29. The summed E-state index contributed by atoms with van der Waals surface area (Å²) in [5.74, 6) is 0. The first kappa shape index (κ1) is 31.6. The van der Waals surface area contributed by atoms with Crippen LogP contribution in [0.15, 0.2) is 11.6 Å². The maximum atomic E-state index is 6.74. The standard InChI is InChI=1S/C14H29O3Si.3C4H9.Sn/c1-12(9-13(2)16-11-15-6)10-17-18(7,8)14(3,4)5;3*1-3-4-2;/h9,13H,1,10-11H2,2-8H3;3*1,3-4H2,2H3;/b12-9+;;;;. The van der Waals surface area contributed by atoms with Gasteiger partial charge in [0, 0.05) is 0 Å². The second-order valence-corrected chi connectivity index (χ2v) is 29.8. The normalized spacial score (nSPS) is 14.8. The van der Waals surface area contributed by atoms with Crippen LogP contribution in [0, 0.1) is 0 Å². The van der Waals surface area contributed by atoms with Gasteiger partial charge in [-0.15, -0.1) is 0 Å². The van der Waals surface area contributed by atoms with Crippen molar-refractivity contribution in [1.82, 2.24) is 0 Å². The van der Waals surface area contributed by atoms with E-state index in [1.807, 2.05) is 0 Å². The molecule has 0 fully saturated rings. The van der Waals surface area contributed by atoms with Gasteiger partial charge in [0.25, 0.3) is 0 Å². The first-order valence-electron chi connectivity index (χ1n) is 12.9. The molecule has 0 aliphatic heterocycles. The van der Waals surface area contributed by atoms with E-state index < -0.39 is 26.7 Å². The Hall–Kier alpha value is 0.636. The minimum absolute atomic E-state index is 0.0745. The van der Waals surface area contributed by atoms with E-state index >= 15 is 0 Å². The average Bonchev–Trinajstić information content (AvgIpc) is 2.70. The summed E-state index contributed by atoms with van der Waals surface area (Å²) in [6.45, 7) is 22.1. The molecule has 0 aromatic carbocycles. The van der Waals surface area contributed by atoms with E-state index in [-0.39, 0.29) is 11.1 Å². The fraction of sp³-hybridized carbons (Fsp3) is 0.923. The molecule has 31 heavy (non-hydrogen) atoms. The van der Waals surface area contributed by atoms with Crippen LogP contribution in [-0.2, 0) is 13.9 Å². The SMILES string of the molecule is CCC[CH2][Sn]([CH2]CCC)([CH2]CCC)[CH2]/C(=C\C(C)OCOC)CO[Si](C)(C)C(C)(C)C. The molecular weight excluding hydrogens is 507 g/mol. The molecule has 0 saturated heterocycles. The molecule has 1 unspecified atom stereocenters. The zero-order valence-electron chi connectivity index (χ0n) is 22.9. The molecule has 5 heteroatoms. The maximum absolute atomic E-state index is 6.74. The van der Waals surface area contributed by atoms with Crippen LogP contribution >= 0.6 is 0 Å². The van der Waals surface area contributed by atoms with Gasteiger partial charge in [-0.05, 0) is 0 Å². The van der Waals surface area contributed by atoms with Gasteiger partial charge in [-0.3, -0.25) is 0 Å². The fourth-order valence-electron chi connectivity index (χ4n) is 3.98. The van der Waals surface area contributed by atoms with Gasteiger partial charge in [0.15, 0.2) is 0 Å². The third-order valence-corrected chi connectivity index (χ3v) is 27.2. The molecule has 0 bridgehead atoms. The summed E-state index contributed by atoms with van der Waals surface area (Å²) in [5, 5.41) is 0.239. The van der Waals surface area contributed by atoms with Crippen molar-refractivity contribution in [2.75, 3.05) is 20.5 Å². The topological polar surface area (TPSA) is 27.7 Å². The van der Waals surface area contributed by atoms with Crippen LogP contribution in [0.3, 0.4) is 0 Å². The van der Waals surface area contributed by atoms with Crippen LogP contribution in [-0.4, -0.2) is 53.3 Å². The predicted molar refractivity (Wildman–Crippen MR) is 143 cm³/mol. The molecule has 0 aromatic heterocycles. The second-order valence-electron chi connectivity index (χ2n) is 11.1. The first-order valence-corrected chi connectivity index (χ1v) is 23.9. The number of unbranched alkanes of at least 4 members (excludes halogenated alkanes) is 3. The van der Waals surface area contributed by atoms with Crippen LogP contribution in [0.1, 0.15) is 87.0 Å². The Bertz CT molecular complexity index is 464. The van der Waals surface area contributed by atoms with E-state index in [9.17, 15) is 0 Å². The molecule has 0 amide bonds. The molecule has 0 aromatic rings. The van der Waals surface area contributed by atoms with Crippen LogP contribution in [0.4, 0.5) is 0 Å². The van der Waals surface area contributed by atoms with Gasteiger partial charge in [0.1, 0.15) is 0 Å². The Balaban J connectivity index is 5.79. The van der Waals surface area contributed by atoms with Crippen molar-refractivity contribution in [2.24, 2.45) is 0 Å². The summed E-state index contributed by atoms with van der Waals surface area (Å²) in [5.41, 5.74) is 1.52. The Labute approximate surface area is 201 Å². The van der Waals surface area contributed by atoms with E-state index in [1.54, 1.807) is 7.11 Å². The molecule has 0 heterocycles. The molecule has 0 spiro atoms. The summed E-state index contributed by atoms with van der Waals surface area (Å²) in [4.78, 5) is 0. The number of rotatable bonds is 18. The van der Waals surface area contributed by atoms with Gasteiger partial charge < -0.3 is 0 Å². The summed E-state index contributed by atoms with van der Waals surface area (Å²) in [7, 11) is -0.0845. The quantitative estimate of drug-likeness (QED) is 0.0948. The second kappa shape index (κ2) is 16.3. The third-order valence-electron chi connectivity index (χ3n) is 7.13. The molecule has 1 atom stereocenters. The molecule has 0 radical (unpaired) electrons. The van der Waals surface area contributed by atoms with Gasteiger partial charge in [0.05, 0.1) is 0 Å². The van der Waals surface area contributed by atoms with Crippen molar-refractivity contribution in [3.63, 3.8) is 0 Å². The van der Waals surface area contributed by atoms with E-state index in [2.05, 4.69) is 67.6 Å². The molecule has 0 N–H and O–H groups in total. The zero-order valence-corrected chi connectivity index (χ0v) is 26.7. The van der Waals surface area contributed by atoms with Crippen LogP contribution in [0.5, 0.6) is 0 Å². The molecule has 0 aliphatic rings. The van der Waals surface area contributed by atoms with E-state index in [0.29, 0.717) is 6.79 Å². The summed E-state index contributed by atoms with van der Waals surface area (Å²) < 4.78 is 23.7. The molecular formula is C26H56O3SiSn. The number of ether oxygens (including phenoxy) is 2. The van der Waals surface area contributed by atoms with Crippen LogP contribution in [0.2, 0.25) is 35.9 Å². The molecule has 0 aliphatic carbocycles. The van der Waals surface area contributed by atoms with Crippen molar-refractivity contribution >= 4 is 26.7 Å². The number of methoxy groups -OCH3 is 1. The Morgan fingerprint density at radius 1 is 0.935 bits per heavy atom. The van der Waals surface area contributed by atoms with Crippen molar-refractivity contribution in [1.29, 1.82) is 0 Å². The monoisotopic (exact) mass is 564 g/mol. The van der Waals surface area contributed by atoms with Crippen molar-refractivity contribution < 1.29 is 13.9 Å². The molecule has 186 valence electrons. The first-order chi connectivity index (χ1) is 14.5. The van der Waals surface area contributed by atoms with Gasteiger partial charge in [-0.2, -0.15) is 0 Å². The Morgan fingerprint density at radius 2 is 1.42 bits per heavy atom. The molecule has 0 saturated carbocycles. The number of hydrogen-bond donors (Lipinski definition) is 0. The van der Waals surface area contributed by atoms with Crippen molar-refractivity contribution in [3.05, 3.63) is 11.6 Å². The van der Waals surface area contributed by atoms with Gasteiger partial charge in [-0.1, -0.05) is 0 Å². The van der Waals surface area contributed by atoms with Gasteiger partial charge in [-0.25, -0.2) is 0 Å². The van der Waals surface area contributed by atoms with E-state index in [1.165, 1.54) is 61.8 Å². The van der Waals surface area contributed by atoms with E-state index in [4.69, 9.17) is 13.9 Å². The molecule has 3 nitrogen and oxygen atoms in total. The Morgan fingerprint density at radius 3 is 1.81 bits per heavy atom.